The fourth-order valence-electron chi connectivity index (χ4n) is 3.29. The molecule has 0 fully saturated rings. The lowest BCUT2D eigenvalue weighted by atomic mass is 10.1. The van der Waals surface area contributed by atoms with Crippen LogP contribution in [0.4, 0.5) is 24.8 Å². The third kappa shape index (κ3) is 5.00. The van der Waals surface area contributed by atoms with Crippen molar-refractivity contribution in [2.75, 3.05) is 23.4 Å². The summed E-state index contributed by atoms with van der Waals surface area (Å²) in [4.78, 5) is 36.4. The van der Waals surface area contributed by atoms with Gasteiger partial charge in [-0.3, -0.25) is 9.59 Å². The van der Waals surface area contributed by atoms with E-state index >= 15 is 0 Å². The highest BCUT2D eigenvalue weighted by Crippen LogP contribution is 2.32. The zero-order valence-corrected chi connectivity index (χ0v) is 17.2. The molecule has 0 unspecified atom stereocenters. The number of aromatic nitrogens is 2. The van der Waals surface area contributed by atoms with E-state index < -0.39 is 23.2 Å². The first-order valence-electron chi connectivity index (χ1n) is 9.90. The van der Waals surface area contributed by atoms with Crippen LogP contribution in [-0.4, -0.2) is 39.9 Å². The van der Waals surface area contributed by atoms with Gasteiger partial charge in [-0.25, -0.2) is 9.97 Å². The smallest absolute Gasteiger partial charge is 0.317 e. The van der Waals surface area contributed by atoms with E-state index in [1.54, 1.807) is 53.7 Å². The molecule has 0 saturated heterocycles. The summed E-state index contributed by atoms with van der Waals surface area (Å²) in [5, 5.41) is 2.65. The summed E-state index contributed by atoms with van der Waals surface area (Å²) in [6, 6.07) is 13.0. The van der Waals surface area contributed by atoms with Crippen molar-refractivity contribution in [1.82, 2.24) is 14.9 Å². The van der Waals surface area contributed by atoms with Crippen LogP contribution in [0.25, 0.3) is 0 Å². The Labute approximate surface area is 187 Å². The first-order chi connectivity index (χ1) is 15.8. The molecule has 1 aliphatic rings. The summed E-state index contributed by atoms with van der Waals surface area (Å²) in [5.41, 5.74) is -1.08. The minimum atomic E-state index is -4.63. The van der Waals surface area contributed by atoms with Gasteiger partial charge >= 0.3 is 6.18 Å². The van der Waals surface area contributed by atoms with Crippen molar-refractivity contribution in [2.24, 2.45) is 0 Å². The van der Waals surface area contributed by atoms with Gasteiger partial charge in [0.1, 0.15) is 11.6 Å². The Hall–Kier alpha value is -4.21. The summed E-state index contributed by atoms with van der Waals surface area (Å²) < 4.78 is 39.9. The van der Waals surface area contributed by atoms with Gasteiger partial charge in [0.15, 0.2) is 0 Å². The van der Waals surface area contributed by atoms with Crippen LogP contribution in [-0.2, 0) is 6.18 Å². The molecule has 33 heavy (non-hydrogen) atoms. The summed E-state index contributed by atoms with van der Waals surface area (Å²) in [6.07, 6.45) is 1.64. The maximum Gasteiger partial charge on any atom is 0.417 e. The molecule has 2 amide bonds. The first kappa shape index (κ1) is 22.0. The second kappa shape index (κ2) is 9.11. The zero-order chi connectivity index (χ0) is 23.4. The number of hydrogen-bond donors (Lipinski definition) is 1. The van der Waals surface area contributed by atoms with E-state index in [4.69, 9.17) is 0 Å². The lowest BCUT2D eigenvalue weighted by molar-refractivity contribution is -0.138. The van der Waals surface area contributed by atoms with Gasteiger partial charge in [0.05, 0.1) is 23.4 Å². The number of pyridine rings is 2. The third-order valence-corrected chi connectivity index (χ3v) is 4.90. The number of anilines is 2. The topological polar surface area (TPSA) is 78.4 Å². The van der Waals surface area contributed by atoms with Crippen LogP contribution in [0.3, 0.4) is 0 Å². The van der Waals surface area contributed by atoms with E-state index in [0.29, 0.717) is 17.2 Å². The van der Waals surface area contributed by atoms with Crippen molar-refractivity contribution in [3.63, 3.8) is 0 Å². The number of amides is 2. The van der Waals surface area contributed by atoms with E-state index in [2.05, 4.69) is 15.3 Å². The Balaban J connectivity index is 1.47. The molecule has 0 radical (unpaired) electrons. The number of carbonyl (C=O) groups is 2. The van der Waals surface area contributed by atoms with E-state index in [9.17, 15) is 22.8 Å². The average molecular weight is 453 g/mol. The molecular formula is C23H18F3N5O2. The van der Waals surface area contributed by atoms with Gasteiger partial charge in [0.2, 0.25) is 0 Å². The number of rotatable bonds is 4. The molecule has 1 aliphatic heterocycles. The second-order valence-electron chi connectivity index (χ2n) is 7.14. The van der Waals surface area contributed by atoms with Crippen LogP contribution in [0.15, 0.2) is 79.3 Å². The van der Waals surface area contributed by atoms with Crippen molar-refractivity contribution in [2.45, 2.75) is 6.18 Å². The molecule has 0 spiro atoms. The van der Waals surface area contributed by atoms with Gasteiger partial charge in [-0.2, -0.15) is 13.2 Å². The molecule has 4 rings (SSSR count). The minimum absolute atomic E-state index is 0.00794. The van der Waals surface area contributed by atoms with Crippen molar-refractivity contribution in [3.8, 4) is 0 Å². The Morgan fingerprint density at radius 3 is 2.45 bits per heavy atom. The van der Waals surface area contributed by atoms with Crippen molar-refractivity contribution in [3.05, 3.63) is 96.0 Å². The molecule has 1 aromatic carbocycles. The molecule has 3 aromatic rings. The Bertz CT molecular complexity index is 1180. The van der Waals surface area contributed by atoms with Crippen LogP contribution in [0.1, 0.15) is 26.3 Å². The molecule has 10 heteroatoms. The van der Waals surface area contributed by atoms with Gasteiger partial charge in [-0.05, 0) is 42.5 Å². The molecule has 2 aromatic heterocycles. The van der Waals surface area contributed by atoms with E-state index in [0.717, 1.165) is 6.07 Å². The van der Waals surface area contributed by atoms with E-state index in [1.807, 2.05) is 0 Å². The monoisotopic (exact) mass is 453 g/mol. The third-order valence-electron chi connectivity index (χ3n) is 4.90. The standard InChI is InChI=1S/C23H18F3N5O2/c24-23(25,26)18-7-2-1-6-17(18)22(33)31-13-5-12-30(15-31)20-10-9-16(14-28-20)21(32)29-19-8-3-4-11-27-19/h1-12,14H,13,15H2,(H,27,29,32). The number of nitrogens with one attached hydrogen (secondary N) is 1. The number of benzene rings is 1. The predicted molar refractivity (Wildman–Crippen MR) is 115 cm³/mol. The number of halogens is 3. The molecule has 0 aliphatic carbocycles. The zero-order valence-electron chi connectivity index (χ0n) is 17.2. The largest absolute Gasteiger partial charge is 0.417 e. The van der Waals surface area contributed by atoms with E-state index in [-0.39, 0.29) is 19.1 Å². The Morgan fingerprint density at radius 2 is 1.76 bits per heavy atom. The summed E-state index contributed by atoms with van der Waals surface area (Å²) >= 11 is 0. The second-order valence-corrected chi connectivity index (χ2v) is 7.14. The Kier molecular flexibility index (Phi) is 6.07. The van der Waals surface area contributed by atoms with Crippen LogP contribution >= 0.6 is 0 Å². The minimum Gasteiger partial charge on any atom is -0.317 e. The molecule has 1 N–H and O–H groups in total. The molecule has 0 saturated carbocycles. The Morgan fingerprint density at radius 1 is 0.970 bits per heavy atom. The quantitative estimate of drug-likeness (QED) is 0.641. The molecule has 7 nitrogen and oxygen atoms in total. The maximum atomic E-state index is 13.3. The number of hydrogen-bond acceptors (Lipinski definition) is 5. The van der Waals surface area contributed by atoms with Crippen LogP contribution in [0, 0.1) is 0 Å². The van der Waals surface area contributed by atoms with Gasteiger partial charge in [0, 0.05) is 25.1 Å². The molecule has 168 valence electrons. The van der Waals surface area contributed by atoms with Gasteiger partial charge < -0.3 is 15.1 Å². The van der Waals surface area contributed by atoms with Crippen molar-refractivity contribution >= 4 is 23.5 Å². The van der Waals surface area contributed by atoms with Crippen molar-refractivity contribution in [1.29, 1.82) is 0 Å². The van der Waals surface area contributed by atoms with Crippen LogP contribution in [0.5, 0.6) is 0 Å². The summed E-state index contributed by atoms with van der Waals surface area (Å²) in [6.45, 7) is 0.167. The van der Waals surface area contributed by atoms with Crippen molar-refractivity contribution < 1.29 is 22.8 Å². The fraction of sp³-hybridized carbons (Fsp3) is 0.130. The molecule has 0 atom stereocenters. The maximum absolute atomic E-state index is 13.3. The van der Waals surface area contributed by atoms with Crippen LogP contribution < -0.4 is 10.2 Å². The number of carbonyl (C=O) groups excluding carboxylic acids is 2. The summed E-state index contributed by atoms with van der Waals surface area (Å²) in [5.74, 6) is -0.285. The lowest BCUT2D eigenvalue weighted by Crippen LogP contribution is -2.43. The first-order valence-corrected chi connectivity index (χ1v) is 9.90. The lowest BCUT2D eigenvalue weighted by Gasteiger charge is -2.32. The highest BCUT2D eigenvalue weighted by Gasteiger charge is 2.36. The van der Waals surface area contributed by atoms with Gasteiger partial charge in [0.25, 0.3) is 11.8 Å². The molecule has 0 bridgehead atoms. The fourth-order valence-corrected chi connectivity index (χ4v) is 3.29. The van der Waals surface area contributed by atoms with Crippen LogP contribution in [0.2, 0.25) is 0 Å². The summed E-state index contributed by atoms with van der Waals surface area (Å²) in [7, 11) is 0. The normalized spacial score (nSPS) is 13.7. The SMILES string of the molecule is O=C(Nc1ccccn1)c1ccc(N2C=CCN(C(=O)c3ccccc3C(F)(F)F)C2)nc1. The van der Waals surface area contributed by atoms with E-state index in [1.165, 1.54) is 29.3 Å². The molecule has 3 heterocycles. The molecular weight excluding hydrogens is 435 g/mol. The van der Waals surface area contributed by atoms with Gasteiger partial charge in [-0.1, -0.05) is 18.2 Å². The number of nitrogens with zero attached hydrogens (tertiary/aromatic N) is 4. The number of alkyl halides is 3. The van der Waals surface area contributed by atoms with Gasteiger partial charge in [-0.15, -0.1) is 0 Å². The highest BCUT2D eigenvalue weighted by atomic mass is 19.4. The highest BCUT2D eigenvalue weighted by molar-refractivity contribution is 6.03. The predicted octanol–water partition coefficient (Wildman–Crippen LogP) is 4.18. The average Bonchev–Trinajstić information content (AvgIpc) is 2.84.